The van der Waals surface area contributed by atoms with Gasteiger partial charge in [0, 0.05) is 19.4 Å². The molecule has 2 aromatic carbocycles. The lowest BCUT2D eigenvalue weighted by molar-refractivity contribution is -0.135. The van der Waals surface area contributed by atoms with Gasteiger partial charge in [-0.1, -0.05) is 24.3 Å². The molecule has 1 heterocycles. The Balaban J connectivity index is 1.41. The van der Waals surface area contributed by atoms with Crippen LogP contribution in [0.1, 0.15) is 40.4 Å². The van der Waals surface area contributed by atoms with Gasteiger partial charge in [0.1, 0.15) is 0 Å². The van der Waals surface area contributed by atoms with E-state index in [4.69, 9.17) is 4.74 Å². The van der Waals surface area contributed by atoms with Crippen LogP contribution in [0, 0.1) is 0 Å². The van der Waals surface area contributed by atoms with Gasteiger partial charge in [-0.3, -0.25) is 14.8 Å². The fraction of sp³-hybridized carbons (Fsp3) is 0.273. The Labute approximate surface area is 163 Å². The Kier molecular flexibility index (Phi) is 5.02. The second-order valence-corrected chi connectivity index (χ2v) is 6.95. The number of aromatic nitrogens is 2. The van der Waals surface area contributed by atoms with Crippen molar-refractivity contribution in [2.75, 3.05) is 13.7 Å². The van der Waals surface area contributed by atoms with E-state index in [1.807, 2.05) is 12.1 Å². The number of ether oxygens (including phenoxy) is 1. The largest absolute Gasteiger partial charge is 0.452 e. The summed E-state index contributed by atoms with van der Waals surface area (Å²) in [5, 5.41) is 0. The minimum atomic E-state index is -0.543. The Bertz CT molecular complexity index is 1030. The van der Waals surface area contributed by atoms with E-state index in [1.54, 1.807) is 42.5 Å². The van der Waals surface area contributed by atoms with Gasteiger partial charge in [0.25, 0.3) is 5.91 Å². The van der Waals surface area contributed by atoms with Crippen molar-refractivity contribution in [2.45, 2.75) is 25.3 Å². The quantitative estimate of drug-likeness (QED) is 0.654. The summed E-state index contributed by atoms with van der Waals surface area (Å²) in [5.41, 5.74) is 4.13. The zero-order valence-electron chi connectivity index (χ0n) is 15.7. The van der Waals surface area contributed by atoms with Crippen LogP contribution in [-0.2, 0) is 16.0 Å². The van der Waals surface area contributed by atoms with E-state index in [0.29, 0.717) is 16.6 Å². The predicted octanol–water partition coefficient (Wildman–Crippen LogP) is 3.32. The molecule has 1 aliphatic rings. The smallest absolute Gasteiger partial charge is 0.338 e. The molecule has 0 spiro atoms. The number of carbonyl (C=O) groups excluding carboxylic acids is 2. The average molecular weight is 375 g/mol. The molecular weight excluding hydrogens is 354 g/mol. The summed E-state index contributed by atoms with van der Waals surface area (Å²) >= 11 is 0. The van der Waals surface area contributed by atoms with E-state index in [-0.39, 0.29) is 18.6 Å². The summed E-state index contributed by atoms with van der Waals surface area (Å²) in [6.07, 6.45) is 6.15. The number of esters is 1. The summed E-state index contributed by atoms with van der Waals surface area (Å²) in [6.45, 7) is -0.285. The van der Waals surface area contributed by atoms with Crippen molar-refractivity contribution >= 4 is 22.9 Å². The van der Waals surface area contributed by atoms with E-state index < -0.39 is 5.97 Å². The van der Waals surface area contributed by atoms with Crippen LogP contribution in [0.4, 0.5) is 0 Å². The lowest BCUT2D eigenvalue weighted by Gasteiger charge is -2.33. The van der Waals surface area contributed by atoms with Crippen molar-refractivity contribution in [3.05, 3.63) is 71.5 Å². The average Bonchev–Trinajstić information content (AvgIpc) is 2.76. The van der Waals surface area contributed by atoms with Crippen LogP contribution in [0.5, 0.6) is 0 Å². The van der Waals surface area contributed by atoms with Gasteiger partial charge in [-0.25, -0.2) is 4.79 Å². The van der Waals surface area contributed by atoms with Crippen LogP contribution in [0.15, 0.2) is 54.9 Å². The number of fused-ring (bicyclic) bond motifs is 2. The molecule has 1 atom stereocenters. The summed E-state index contributed by atoms with van der Waals surface area (Å²) in [5.74, 6) is -0.756. The maximum absolute atomic E-state index is 12.6. The van der Waals surface area contributed by atoms with Crippen LogP contribution in [0.25, 0.3) is 11.0 Å². The Morgan fingerprint density at radius 3 is 2.75 bits per heavy atom. The Hall–Kier alpha value is -3.28. The third-order valence-corrected chi connectivity index (χ3v) is 5.23. The van der Waals surface area contributed by atoms with E-state index in [9.17, 15) is 9.59 Å². The number of nitrogens with zero attached hydrogens (tertiary/aromatic N) is 3. The van der Waals surface area contributed by atoms with Gasteiger partial charge in [0.15, 0.2) is 6.61 Å². The standard InChI is InChI=1S/C22H21N3O3/c1-25(20-8-4-6-15-5-2-3-7-17(15)20)21(26)14-28-22(27)16-9-10-18-19(13-16)24-12-11-23-18/h2-3,5,7,9-13,20H,4,6,8,14H2,1H3/t20-/m0/s1. The molecule has 0 saturated carbocycles. The van der Waals surface area contributed by atoms with Gasteiger partial charge >= 0.3 is 5.97 Å². The van der Waals surface area contributed by atoms with Gasteiger partial charge < -0.3 is 9.64 Å². The Morgan fingerprint density at radius 2 is 1.89 bits per heavy atom. The zero-order chi connectivity index (χ0) is 19.5. The summed E-state index contributed by atoms with van der Waals surface area (Å²) in [4.78, 5) is 35.0. The molecule has 1 aromatic heterocycles. The first kappa shape index (κ1) is 18.1. The fourth-order valence-electron chi connectivity index (χ4n) is 3.71. The van der Waals surface area contributed by atoms with Gasteiger partial charge in [-0.2, -0.15) is 0 Å². The second-order valence-electron chi connectivity index (χ2n) is 6.95. The Morgan fingerprint density at radius 1 is 1.11 bits per heavy atom. The molecule has 0 radical (unpaired) electrons. The van der Waals surface area contributed by atoms with Gasteiger partial charge in [0.05, 0.1) is 22.6 Å². The lowest BCUT2D eigenvalue weighted by atomic mass is 9.87. The number of aryl methyl sites for hydroxylation is 1. The number of hydrogen-bond acceptors (Lipinski definition) is 5. The summed E-state index contributed by atoms with van der Waals surface area (Å²) < 4.78 is 5.26. The first-order valence-electron chi connectivity index (χ1n) is 9.35. The number of likely N-dealkylation sites (N-methyl/N-ethyl adjacent to an activating group) is 1. The number of amides is 1. The second kappa shape index (κ2) is 7.76. The van der Waals surface area contributed by atoms with Crippen molar-refractivity contribution in [1.82, 2.24) is 14.9 Å². The van der Waals surface area contributed by atoms with Gasteiger partial charge in [-0.05, 0) is 48.6 Å². The topological polar surface area (TPSA) is 72.4 Å². The van der Waals surface area contributed by atoms with E-state index in [2.05, 4.69) is 22.1 Å². The van der Waals surface area contributed by atoms with Crippen LogP contribution in [0.2, 0.25) is 0 Å². The van der Waals surface area contributed by atoms with E-state index in [1.165, 1.54) is 11.1 Å². The monoisotopic (exact) mass is 375 g/mol. The maximum Gasteiger partial charge on any atom is 0.338 e. The highest BCUT2D eigenvalue weighted by Crippen LogP contribution is 2.33. The number of hydrogen-bond donors (Lipinski definition) is 0. The molecule has 1 amide bonds. The molecule has 0 unspecified atom stereocenters. The highest BCUT2D eigenvalue weighted by molar-refractivity contribution is 5.94. The van der Waals surface area contributed by atoms with Gasteiger partial charge in [-0.15, -0.1) is 0 Å². The van der Waals surface area contributed by atoms with Crippen LogP contribution < -0.4 is 0 Å². The molecule has 6 nitrogen and oxygen atoms in total. The van der Waals surface area contributed by atoms with Crippen molar-refractivity contribution in [2.24, 2.45) is 0 Å². The number of carbonyl (C=O) groups is 2. The molecule has 6 heteroatoms. The molecule has 0 bridgehead atoms. The normalized spacial score (nSPS) is 15.7. The fourth-order valence-corrected chi connectivity index (χ4v) is 3.71. The number of rotatable bonds is 4. The van der Waals surface area contributed by atoms with E-state index >= 15 is 0 Å². The molecule has 0 fully saturated rings. The van der Waals surface area contributed by atoms with Crippen molar-refractivity contribution in [3.63, 3.8) is 0 Å². The third kappa shape index (κ3) is 3.58. The number of benzene rings is 2. The molecule has 142 valence electrons. The summed E-state index contributed by atoms with van der Waals surface area (Å²) in [7, 11) is 1.77. The van der Waals surface area contributed by atoms with Crippen molar-refractivity contribution < 1.29 is 14.3 Å². The highest BCUT2D eigenvalue weighted by atomic mass is 16.5. The van der Waals surface area contributed by atoms with Crippen LogP contribution >= 0.6 is 0 Å². The van der Waals surface area contributed by atoms with E-state index in [0.717, 1.165) is 19.3 Å². The molecule has 1 aliphatic carbocycles. The van der Waals surface area contributed by atoms with Crippen molar-refractivity contribution in [1.29, 1.82) is 0 Å². The molecule has 0 N–H and O–H groups in total. The highest BCUT2D eigenvalue weighted by Gasteiger charge is 2.27. The molecule has 28 heavy (non-hydrogen) atoms. The SMILES string of the molecule is CN(C(=O)COC(=O)c1ccc2nccnc2c1)[C@H]1CCCc2ccccc21. The molecular formula is C22H21N3O3. The maximum atomic E-state index is 12.6. The predicted molar refractivity (Wildman–Crippen MR) is 105 cm³/mol. The summed E-state index contributed by atoms with van der Waals surface area (Å²) in [6, 6.07) is 13.2. The van der Waals surface area contributed by atoms with Gasteiger partial charge in [0.2, 0.25) is 0 Å². The molecule has 4 rings (SSSR count). The first-order valence-corrected chi connectivity index (χ1v) is 9.35. The minimum Gasteiger partial charge on any atom is -0.452 e. The molecule has 0 saturated heterocycles. The third-order valence-electron chi connectivity index (χ3n) is 5.23. The van der Waals surface area contributed by atoms with Crippen LogP contribution in [0.3, 0.4) is 0 Å². The zero-order valence-corrected chi connectivity index (χ0v) is 15.7. The lowest BCUT2D eigenvalue weighted by Crippen LogP contribution is -2.36. The van der Waals surface area contributed by atoms with Crippen LogP contribution in [-0.4, -0.2) is 40.4 Å². The first-order chi connectivity index (χ1) is 13.6. The molecule has 3 aromatic rings. The van der Waals surface area contributed by atoms with Crippen molar-refractivity contribution in [3.8, 4) is 0 Å². The molecule has 0 aliphatic heterocycles. The minimum absolute atomic E-state index is 0.0205.